The molecule has 15 heavy (non-hydrogen) atoms. The molecule has 0 saturated carbocycles. The summed E-state index contributed by atoms with van der Waals surface area (Å²) < 4.78 is 36.1. The minimum Gasteiger partial charge on any atom is -0.317 e. The monoisotopic (exact) mass is 231 g/mol. The fraction of sp³-hybridized carbons (Fsp3) is 0.300. The SMILES string of the molecule is [C-]#[N+]CCc1cccc(SC(F)(F)F)c1. The van der Waals surface area contributed by atoms with E-state index in [2.05, 4.69) is 4.85 Å². The Hall–Kier alpha value is -1.15. The summed E-state index contributed by atoms with van der Waals surface area (Å²) in [7, 11) is 0. The largest absolute Gasteiger partial charge is 0.446 e. The Labute approximate surface area is 90.1 Å². The first-order valence-electron chi connectivity index (χ1n) is 4.19. The van der Waals surface area contributed by atoms with E-state index in [1.54, 1.807) is 12.1 Å². The van der Waals surface area contributed by atoms with Crippen molar-refractivity contribution in [2.45, 2.75) is 16.8 Å². The molecule has 0 amide bonds. The second-order valence-corrected chi connectivity index (χ2v) is 3.97. The molecule has 80 valence electrons. The minimum atomic E-state index is -4.25. The van der Waals surface area contributed by atoms with Gasteiger partial charge in [-0.15, -0.1) is 0 Å². The van der Waals surface area contributed by atoms with E-state index in [9.17, 15) is 13.2 Å². The third kappa shape index (κ3) is 4.75. The van der Waals surface area contributed by atoms with Gasteiger partial charge in [0.1, 0.15) is 0 Å². The van der Waals surface area contributed by atoms with Crippen LogP contribution >= 0.6 is 11.8 Å². The maximum absolute atomic E-state index is 12.0. The van der Waals surface area contributed by atoms with E-state index < -0.39 is 5.51 Å². The molecular weight excluding hydrogens is 223 g/mol. The molecule has 0 spiro atoms. The van der Waals surface area contributed by atoms with Crippen LogP contribution < -0.4 is 0 Å². The van der Waals surface area contributed by atoms with Gasteiger partial charge >= 0.3 is 5.51 Å². The third-order valence-electron chi connectivity index (χ3n) is 1.64. The van der Waals surface area contributed by atoms with Crippen molar-refractivity contribution >= 4 is 11.8 Å². The van der Waals surface area contributed by atoms with E-state index in [-0.39, 0.29) is 16.7 Å². The molecule has 0 aromatic heterocycles. The molecule has 1 aromatic carbocycles. The van der Waals surface area contributed by atoms with Crippen molar-refractivity contribution in [3.8, 4) is 0 Å². The molecule has 0 bridgehead atoms. The highest BCUT2D eigenvalue weighted by molar-refractivity contribution is 8.00. The van der Waals surface area contributed by atoms with Gasteiger partial charge in [0, 0.05) is 11.3 Å². The molecule has 0 radical (unpaired) electrons. The molecule has 0 saturated heterocycles. The average molecular weight is 231 g/mol. The Kier molecular flexibility index (Phi) is 4.04. The summed E-state index contributed by atoms with van der Waals surface area (Å²) in [6, 6.07) is 6.20. The predicted molar refractivity (Wildman–Crippen MR) is 53.5 cm³/mol. The molecule has 1 rings (SSSR count). The summed E-state index contributed by atoms with van der Waals surface area (Å²) >= 11 is -0.129. The maximum Gasteiger partial charge on any atom is 0.446 e. The standard InChI is InChI=1S/C10H8F3NS/c1-14-6-5-8-3-2-4-9(7-8)15-10(11,12)13/h2-4,7H,5-6H2. The highest BCUT2D eigenvalue weighted by Gasteiger charge is 2.29. The molecular formula is C10H8F3NS. The number of nitrogens with zero attached hydrogens (tertiary/aromatic N) is 1. The quantitative estimate of drug-likeness (QED) is 0.566. The molecule has 1 aromatic rings. The van der Waals surface area contributed by atoms with E-state index >= 15 is 0 Å². The van der Waals surface area contributed by atoms with E-state index in [1.165, 1.54) is 12.1 Å². The third-order valence-corrected chi connectivity index (χ3v) is 2.37. The fourth-order valence-electron chi connectivity index (χ4n) is 1.08. The zero-order chi connectivity index (χ0) is 11.3. The van der Waals surface area contributed by atoms with Crippen LogP contribution in [0, 0.1) is 6.57 Å². The first-order valence-corrected chi connectivity index (χ1v) is 5.01. The highest BCUT2D eigenvalue weighted by Crippen LogP contribution is 2.36. The van der Waals surface area contributed by atoms with Gasteiger partial charge in [0.2, 0.25) is 6.54 Å². The number of thioether (sulfide) groups is 1. The van der Waals surface area contributed by atoms with E-state index in [4.69, 9.17) is 6.57 Å². The Morgan fingerprint density at radius 3 is 2.67 bits per heavy atom. The van der Waals surface area contributed by atoms with Gasteiger partial charge < -0.3 is 4.85 Å². The van der Waals surface area contributed by atoms with Crippen molar-refractivity contribution in [1.29, 1.82) is 0 Å². The van der Waals surface area contributed by atoms with E-state index in [1.807, 2.05) is 0 Å². The van der Waals surface area contributed by atoms with Crippen molar-refractivity contribution in [3.05, 3.63) is 41.2 Å². The van der Waals surface area contributed by atoms with Crippen LogP contribution in [0.1, 0.15) is 5.56 Å². The van der Waals surface area contributed by atoms with Crippen molar-refractivity contribution in [3.63, 3.8) is 0 Å². The number of hydrogen-bond acceptors (Lipinski definition) is 1. The highest BCUT2D eigenvalue weighted by atomic mass is 32.2. The van der Waals surface area contributed by atoms with Gasteiger partial charge in [-0.1, -0.05) is 12.1 Å². The lowest BCUT2D eigenvalue weighted by atomic mass is 10.1. The van der Waals surface area contributed by atoms with E-state index in [0.717, 1.165) is 5.56 Å². The van der Waals surface area contributed by atoms with Crippen molar-refractivity contribution in [2.24, 2.45) is 0 Å². The van der Waals surface area contributed by atoms with Gasteiger partial charge in [-0.3, -0.25) is 0 Å². The summed E-state index contributed by atoms with van der Waals surface area (Å²) in [6.07, 6.45) is 0.496. The number of rotatable bonds is 3. The zero-order valence-electron chi connectivity index (χ0n) is 7.71. The summed E-state index contributed by atoms with van der Waals surface area (Å²) in [5.74, 6) is 0. The Bertz CT molecular complexity index is 368. The van der Waals surface area contributed by atoms with Crippen LogP contribution in [-0.4, -0.2) is 12.1 Å². The molecule has 0 fully saturated rings. The molecule has 0 atom stereocenters. The number of alkyl halides is 3. The lowest BCUT2D eigenvalue weighted by Crippen LogP contribution is -1.99. The number of hydrogen-bond donors (Lipinski definition) is 0. The smallest absolute Gasteiger partial charge is 0.317 e. The predicted octanol–water partition coefficient (Wildman–Crippen LogP) is 3.76. The van der Waals surface area contributed by atoms with Crippen molar-refractivity contribution < 1.29 is 13.2 Å². The van der Waals surface area contributed by atoms with Crippen LogP contribution in [0.25, 0.3) is 4.85 Å². The van der Waals surface area contributed by atoms with Crippen LogP contribution in [0.5, 0.6) is 0 Å². The minimum absolute atomic E-state index is 0.129. The number of halogens is 3. The first-order chi connectivity index (χ1) is 7.01. The summed E-state index contributed by atoms with van der Waals surface area (Å²) in [5.41, 5.74) is -3.49. The van der Waals surface area contributed by atoms with Gasteiger partial charge in [-0.05, 0) is 29.5 Å². The second kappa shape index (κ2) is 5.08. The van der Waals surface area contributed by atoms with Crippen LogP contribution in [0.2, 0.25) is 0 Å². The molecule has 1 nitrogen and oxygen atoms in total. The van der Waals surface area contributed by atoms with Gasteiger partial charge in [0.25, 0.3) is 0 Å². The van der Waals surface area contributed by atoms with Crippen LogP contribution in [0.15, 0.2) is 29.2 Å². The van der Waals surface area contributed by atoms with Gasteiger partial charge in [0.15, 0.2) is 0 Å². The van der Waals surface area contributed by atoms with Crippen LogP contribution in [-0.2, 0) is 6.42 Å². The van der Waals surface area contributed by atoms with E-state index in [0.29, 0.717) is 13.0 Å². The lowest BCUT2D eigenvalue weighted by Gasteiger charge is -2.06. The average Bonchev–Trinajstić information content (AvgIpc) is 2.12. The van der Waals surface area contributed by atoms with Crippen LogP contribution in [0.4, 0.5) is 13.2 Å². The molecule has 0 aliphatic heterocycles. The summed E-state index contributed by atoms with van der Waals surface area (Å²) in [5, 5.41) is 0. The van der Waals surface area contributed by atoms with Gasteiger partial charge in [-0.25, -0.2) is 6.57 Å². The zero-order valence-corrected chi connectivity index (χ0v) is 8.53. The molecule has 0 unspecified atom stereocenters. The second-order valence-electron chi connectivity index (χ2n) is 2.83. The maximum atomic E-state index is 12.0. The molecule has 5 heteroatoms. The Morgan fingerprint density at radius 2 is 2.07 bits per heavy atom. The first kappa shape index (κ1) is 11.9. The molecule has 0 N–H and O–H groups in total. The Balaban J connectivity index is 2.71. The summed E-state index contributed by atoms with van der Waals surface area (Å²) in [6.45, 7) is 6.90. The Morgan fingerprint density at radius 1 is 1.33 bits per heavy atom. The fourth-order valence-corrected chi connectivity index (χ4v) is 1.71. The molecule has 0 aliphatic rings. The number of benzene rings is 1. The normalized spacial score (nSPS) is 11.1. The van der Waals surface area contributed by atoms with Gasteiger partial charge in [0.05, 0.1) is 0 Å². The topological polar surface area (TPSA) is 4.36 Å². The van der Waals surface area contributed by atoms with Crippen molar-refractivity contribution in [1.82, 2.24) is 0 Å². The van der Waals surface area contributed by atoms with Crippen LogP contribution in [0.3, 0.4) is 0 Å². The van der Waals surface area contributed by atoms with Gasteiger partial charge in [-0.2, -0.15) is 13.2 Å². The molecule has 0 aliphatic carbocycles. The van der Waals surface area contributed by atoms with Crippen molar-refractivity contribution in [2.75, 3.05) is 6.54 Å². The summed E-state index contributed by atoms with van der Waals surface area (Å²) in [4.78, 5) is 3.33. The molecule has 0 heterocycles. The lowest BCUT2D eigenvalue weighted by molar-refractivity contribution is -0.0328.